The molecule has 0 N–H and O–H groups in total. The van der Waals surface area contributed by atoms with Crippen molar-refractivity contribution in [3.05, 3.63) is 55.1 Å². The number of unbranched alkanes of at least 4 members (excludes halogenated alkanes) is 7. The molecule has 0 saturated carbocycles. The number of methoxy groups -OCH3 is 1. The van der Waals surface area contributed by atoms with Crippen LogP contribution in [-0.2, 0) is 9.47 Å². The monoisotopic (exact) mass is 402 g/mol. The van der Waals surface area contributed by atoms with Gasteiger partial charge in [0, 0.05) is 6.61 Å². The van der Waals surface area contributed by atoms with E-state index in [9.17, 15) is 4.79 Å². The SMILES string of the molecule is C=CCC(CC=C)OCCCCCCCCCCOc1ccc(C(=O)OC)cc1. The average molecular weight is 403 g/mol. The van der Waals surface area contributed by atoms with Gasteiger partial charge in [0.2, 0.25) is 0 Å². The lowest BCUT2D eigenvalue weighted by Gasteiger charge is -2.14. The normalized spacial score (nSPS) is 10.7. The molecule has 0 fully saturated rings. The lowest BCUT2D eigenvalue weighted by molar-refractivity contribution is 0.0547. The number of hydrogen-bond acceptors (Lipinski definition) is 4. The zero-order chi connectivity index (χ0) is 21.2. The van der Waals surface area contributed by atoms with Gasteiger partial charge in [-0.2, -0.15) is 0 Å². The van der Waals surface area contributed by atoms with Gasteiger partial charge in [0.25, 0.3) is 0 Å². The molecule has 0 aliphatic heterocycles. The first kappa shape index (κ1) is 25.0. The first-order valence-corrected chi connectivity index (χ1v) is 10.9. The van der Waals surface area contributed by atoms with Crippen molar-refractivity contribution in [1.82, 2.24) is 0 Å². The van der Waals surface area contributed by atoms with Gasteiger partial charge in [-0.1, -0.05) is 50.7 Å². The average Bonchev–Trinajstić information content (AvgIpc) is 2.74. The summed E-state index contributed by atoms with van der Waals surface area (Å²) in [6.07, 6.45) is 15.6. The Balaban J connectivity index is 1.93. The third-order valence-corrected chi connectivity index (χ3v) is 4.80. The van der Waals surface area contributed by atoms with Crippen LogP contribution in [-0.4, -0.2) is 32.4 Å². The van der Waals surface area contributed by atoms with E-state index in [-0.39, 0.29) is 12.1 Å². The number of rotatable bonds is 18. The zero-order valence-electron chi connectivity index (χ0n) is 18.1. The fourth-order valence-electron chi connectivity index (χ4n) is 3.11. The van der Waals surface area contributed by atoms with Crippen LogP contribution in [0, 0.1) is 0 Å². The highest BCUT2D eigenvalue weighted by Gasteiger charge is 2.05. The predicted molar refractivity (Wildman–Crippen MR) is 120 cm³/mol. The summed E-state index contributed by atoms with van der Waals surface area (Å²) in [4.78, 5) is 11.4. The van der Waals surface area contributed by atoms with Crippen LogP contribution in [0.1, 0.15) is 74.6 Å². The summed E-state index contributed by atoms with van der Waals surface area (Å²) in [5.74, 6) is 0.469. The Bertz CT molecular complexity index is 555. The highest BCUT2D eigenvalue weighted by Crippen LogP contribution is 2.14. The number of carbonyl (C=O) groups excluding carboxylic acids is 1. The zero-order valence-corrected chi connectivity index (χ0v) is 18.1. The van der Waals surface area contributed by atoms with E-state index < -0.39 is 0 Å². The van der Waals surface area contributed by atoms with E-state index in [1.807, 2.05) is 24.3 Å². The minimum absolute atomic E-state index is 0.248. The van der Waals surface area contributed by atoms with E-state index in [2.05, 4.69) is 17.9 Å². The first-order chi connectivity index (χ1) is 14.2. The standard InChI is InChI=1S/C25H38O4/c1-4-14-23(15-5-2)28-20-12-10-8-6-7-9-11-13-21-29-24-18-16-22(17-19-24)25(26)27-3/h4-5,16-19,23H,1-2,6-15,20-21H2,3H3. The van der Waals surface area contributed by atoms with Gasteiger partial charge < -0.3 is 14.2 Å². The molecule has 162 valence electrons. The van der Waals surface area contributed by atoms with Crippen LogP contribution in [0.4, 0.5) is 0 Å². The molecule has 4 nitrogen and oxygen atoms in total. The molecule has 0 amide bonds. The Labute approximate surface area is 176 Å². The van der Waals surface area contributed by atoms with E-state index in [1.165, 1.54) is 45.6 Å². The molecule has 1 aromatic carbocycles. The topological polar surface area (TPSA) is 44.8 Å². The number of hydrogen-bond donors (Lipinski definition) is 0. The molecule has 29 heavy (non-hydrogen) atoms. The molecule has 0 unspecified atom stereocenters. The number of benzene rings is 1. The second-order valence-corrected chi connectivity index (χ2v) is 7.23. The van der Waals surface area contributed by atoms with E-state index in [1.54, 1.807) is 12.1 Å². The van der Waals surface area contributed by atoms with E-state index in [4.69, 9.17) is 9.47 Å². The third kappa shape index (κ3) is 12.2. The van der Waals surface area contributed by atoms with Gasteiger partial charge in [0.05, 0.1) is 25.4 Å². The maximum absolute atomic E-state index is 11.4. The summed E-state index contributed by atoms with van der Waals surface area (Å²) in [5, 5.41) is 0. The summed E-state index contributed by atoms with van der Waals surface area (Å²) in [6, 6.07) is 7.08. The van der Waals surface area contributed by atoms with Crippen molar-refractivity contribution in [2.75, 3.05) is 20.3 Å². The molecule has 1 aromatic rings. The molecular weight excluding hydrogens is 364 g/mol. The van der Waals surface area contributed by atoms with Gasteiger partial charge in [-0.15, -0.1) is 13.2 Å². The molecule has 0 aliphatic carbocycles. The number of ether oxygens (including phenoxy) is 3. The summed E-state index contributed by atoms with van der Waals surface area (Å²) in [6.45, 7) is 9.11. The maximum atomic E-state index is 11.4. The summed E-state index contributed by atoms with van der Waals surface area (Å²) in [5.41, 5.74) is 0.541. The van der Waals surface area contributed by atoms with Gasteiger partial charge in [-0.3, -0.25) is 0 Å². The summed E-state index contributed by atoms with van der Waals surface area (Å²) in [7, 11) is 1.38. The van der Waals surface area contributed by atoms with Crippen LogP contribution >= 0.6 is 0 Å². The Hall–Kier alpha value is -2.07. The van der Waals surface area contributed by atoms with Crippen molar-refractivity contribution in [2.24, 2.45) is 0 Å². The highest BCUT2D eigenvalue weighted by atomic mass is 16.5. The van der Waals surface area contributed by atoms with Crippen molar-refractivity contribution in [3.63, 3.8) is 0 Å². The Morgan fingerprint density at radius 2 is 1.38 bits per heavy atom. The van der Waals surface area contributed by atoms with Crippen molar-refractivity contribution >= 4 is 5.97 Å². The molecule has 0 aromatic heterocycles. The molecule has 0 atom stereocenters. The van der Waals surface area contributed by atoms with Crippen molar-refractivity contribution in [2.45, 2.75) is 70.3 Å². The molecule has 0 radical (unpaired) electrons. The smallest absolute Gasteiger partial charge is 0.337 e. The largest absolute Gasteiger partial charge is 0.494 e. The molecule has 4 heteroatoms. The third-order valence-electron chi connectivity index (χ3n) is 4.80. The molecule has 0 spiro atoms. The van der Waals surface area contributed by atoms with Crippen LogP contribution in [0.15, 0.2) is 49.6 Å². The van der Waals surface area contributed by atoms with Crippen molar-refractivity contribution in [3.8, 4) is 5.75 Å². The predicted octanol–water partition coefficient (Wildman–Crippen LogP) is 6.51. The molecule has 0 aliphatic rings. The van der Waals surface area contributed by atoms with E-state index in [0.717, 1.165) is 38.0 Å². The first-order valence-electron chi connectivity index (χ1n) is 10.9. The van der Waals surface area contributed by atoms with Gasteiger partial charge in [-0.25, -0.2) is 4.79 Å². The minimum Gasteiger partial charge on any atom is -0.494 e. The minimum atomic E-state index is -0.325. The van der Waals surface area contributed by atoms with Gasteiger partial charge in [0.1, 0.15) is 5.75 Å². The van der Waals surface area contributed by atoms with E-state index in [0.29, 0.717) is 12.2 Å². The molecular formula is C25H38O4. The quantitative estimate of drug-likeness (QED) is 0.159. The van der Waals surface area contributed by atoms with Crippen LogP contribution in [0.2, 0.25) is 0 Å². The summed E-state index contributed by atoms with van der Waals surface area (Å²) >= 11 is 0. The summed E-state index contributed by atoms with van der Waals surface area (Å²) < 4.78 is 16.3. The van der Waals surface area contributed by atoms with Crippen LogP contribution in [0.5, 0.6) is 5.75 Å². The van der Waals surface area contributed by atoms with Gasteiger partial charge in [-0.05, 0) is 49.9 Å². The second-order valence-electron chi connectivity index (χ2n) is 7.23. The van der Waals surface area contributed by atoms with Crippen LogP contribution in [0.3, 0.4) is 0 Å². The van der Waals surface area contributed by atoms with Gasteiger partial charge >= 0.3 is 5.97 Å². The van der Waals surface area contributed by atoms with E-state index >= 15 is 0 Å². The highest BCUT2D eigenvalue weighted by molar-refractivity contribution is 5.89. The fraction of sp³-hybridized carbons (Fsp3) is 0.560. The second kappa shape index (κ2) is 16.8. The molecule has 0 saturated heterocycles. The van der Waals surface area contributed by atoms with Gasteiger partial charge in [0.15, 0.2) is 0 Å². The van der Waals surface area contributed by atoms with Crippen molar-refractivity contribution < 1.29 is 19.0 Å². The Kier molecular flexibility index (Phi) is 14.5. The molecule has 1 rings (SSSR count). The molecule has 0 heterocycles. The molecule has 0 bridgehead atoms. The lowest BCUT2D eigenvalue weighted by atomic mass is 10.1. The maximum Gasteiger partial charge on any atom is 0.337 e. The van der Waals surface area contributed by atoms with Crippen LogP contribution < -0.4 is 4.74 Å². The number of carbonyl (C=O) groups is 1. The van der Waals surface area contributed by atoms with Crippen molar-refractivity contribution in [1.29, 1.82) is 0 Å². The Morgan fingerprint density at radius 3 is 1.90 bits per heavy atom. The number of esters is 1. The fourth-order valence-corrected chi connectivity index (χ4v) is 3.11. The Morgan fingerprint density at radius 1 is 0.862 bits per heavy atom. The van der Waals surface area contributed by atoms with Crippen LogP contribution in [0.25, 0.3) is 0 Å². The lowest BCUT2D eigenvalue weighted by Crippen LogP contribution is -2.11.